The number of aryl methyl sites for hydroxylation is 1. The molecule has 6 heteroatoms. The molecular formula is C26H22N2O4. The first-order valence-corrected chi connectivity index (χ1v) is 10.6. The van der Waals surface area contributed by atoms with Gasteiger partial charge in [-0.1, -0.05) is 58.0 Å². The molecule has 0 aliphatic carbocycles. The molecule has 3 aromatic carbocycles. The van der Waals surface area contributed by atoms with E-state index in [1.807, 2.05) is 39.8 Å². The lowest BCUT2D eigenvalue weighted by molar-refractivity contribution is 0.586. The summed E-state index contributed by atoms with van der Waals surface area (Å²) < 4.78 is 2.39. The normalized spacial score (nSPS) is 12.4. The van der Waals surface area contributed by atoms with Crippen LogP contribution in [0.15, 0.2) is 67.7 Å². The third kappa shape index (κ3) is 2.52. The third-order valence-electron chi connectivity index (χ3n) is 6.19. The summed E-state index contributed by atoms with van der Waals surface area (Å²) in [6.07, 6.45) is 0.587. The SMILES string of the molecule is CCc1cccc2c3c(=O)c(C(C)(C)C)cc(=O)c3n3c(=O)c4ccccc4c(=O)n3c12. The van der Waals surface area contributed by atoms with Crippen LogP contribution >= 0.6 is 0 Å². The Morgan fingerprint density at radius 3 is 1.88 bits per heavy atom. The van der Waals surface area contributed by atoms with Crippen molar-refractivity contribution in [2.45, 2.75) is 39.5 Å². The lowest BCUT2D eigenvalue weighted by Crippen LogP contribution is -2.35. The largest absolute Gasteiger partial charge is 0.289 e. The Hall–Kier alpha value is -3.80. The molecular weight excluding hydrogens is 404 g/mol. The number of rotatable bonds is 1. The number of hydrogen-bond acceptors (Lipinski definition) is 4. The number of para-hydroxylation sites is 1. The maximum Gasteiger partial charge on any atom is 0.278 e. The highest BCUT2D eigenvalue weighted by atomic mass is 16.2. The lowest BCUT2D eigenvalue weighted by Gasteiger charge is -2.20. The maximum absolute atomic E-state index is 13.7. The van der Waals surface area contributed by atoms with Crippen LogP contribution in [0.4, 0.5) is 0 Å². The minimum Gasteiger partial charge on any atom is -0.289 e. The molecule has 0 fully saturated rings. The van der Waals surface area contributed by atoms with E-state index < -0.39 is 22.0 Å². The van der Waals surface area contributed by atoms with Gasteiger partial charge in [0.1, 0.15) is 5.52 Å². The molecule has 0 saturated heterocycles. The number of hydrogen-bond donors (Lipinski definition) is 0. The fraction of sp³-hybridized carbons (Fsp3) is 0.231. The Kier molecular flexibility index (Phi) is 4.15. The van der Waals surface area contributed by atoms with Gasteiger partial charge in [0, 0.05) is 10.9 Å². The Morgan fingerprint density at radius 1 is 0.750 bits per heavy atom. The van der Waals surface area contributed by atoms with Crippen molar-refractivity contribution in [1.82, 2.24) is 9.03 Å². The van der Waals surface area contributed by atoms with Crippen LogP contribution in [0.3, 0.4) is 0 Å². The molecule has 5 rings (SSSR count). The quantitative estimate of drug-likeness (QED) is 0.305. The van der Waals surface area contributed by atoms with Gasteiger partial charge in [-0.2, -0.15) is 0 Å². The maximum atomic E-state index is 13.7. The van der Waals surface area contributed by atoms with Gasteiger partial charge in [-0.05, 0) is 35.6 Å². The average Bonchev–Trinajstić information content (AvgIpc) is 2.77. The Balaban J connectivity index is 2.32. The molecule has 5 aromatic rings. The zero-order valence-corrected chi connectivity index (χ0v) is 18.4. The highest BCUT2D eigenvalue weighted by Crippen LogP contribution is 2.26. The predicted octanol–water partition coefficient (Wildman–Crippen LogP) is 3.24. The number of aromatic nitrogens is 2. The van der Waals surface area contributed by atoms with E-state index in [9.17, 15) is 19.2 Å². The Morgan fingerprint density at radius 2 is 1.31 bits per heavy atom. The summed E-state index contributed by atoms with van der Waals surface area (Å²) in [4.78, 5) is 54.3. The third-order valence-corrected chi connectivity index (χ3v) is 6.19. The molecule has 0 radical (unpaired) electrons. The average molecular weight is 426 g/mol. The van der Waals surface area contributed by atoms with Gasteiger partial charge in [0.25, 0.3) is 11.1 Å². The summed E-state index contributed by atoms with van der Waals surface area (Å²) in [5.41, 5.74) is -0.583. The predicted molar refractivity (Wildman–Crippen MR) is 128 cm³/mol. The van der Waals surface area contributed by atoms with Crippen molar-refractivity contribution in [3.05, 3.63) is 101 Å². The van der Waals surface area contributed by atoms with Gasteiger partial charge >= 0.3 is 0 Å². The van der Waals surface area contributed by atoms with Gasteiger partial charge in [-0.25, -0.2) is 9.03 Å². The smallest absolute Gasteiger partial charge is 0.278 e. The summed E-state index contributed by atoms with van der Waals surface area (Å²) in [6.45, 7) is 7.57. The summed E-state index contributed by atoms with van der Waals surface area (Å²) in [5, 5.41) is 1.17. The fourth-order valence-corrected chi connectivity index (χ4v) is 4.65. The van der Waals surface area contributed by atoms with Crippen LogP contribution in [-0.4, -0.2) is 9.03 Å². The first-order chi connectivity index (χ1) is 15.2. The topological polar surface area (TPSA) is 77.1 Å². The first kappa shape index (κ1) is 20.1. The minimum atomic E-state index is -0.556. The zero-order chi connectivity index (χ0) is 22.9. The van der Waals surface area contributed by atoms with Crippen molar-refractivity contribution in [2.75, 3.05) is 0 Å². The van der Waals surface area contributed by atoms with Crippen molar-refractivity contribution in [2.24, 2.45) is 0 Å². The van der Waals surface area contributed by atoms with Gasteiger partial charge in [0.05, 0.1) is 21.7 Å². The fourth-order valence-electron chi connectivity index (χ4n) is 4.65. The number of benzene rings is 3. The van der Waals surface area contributed by atoms with Crippen LogP contribution in [-0.2, 0) is 11.8 Å². The second-order valence-electron chi connectivity index (χ2n) is 9.17. The van der Waals surface area contributed by atoms with Gasteiger partial charge in [0.2, 0.25) is 5.43 Å². The van der Waals surface area contributed by atoms with Crippen LogP contribution in [0, 0.1) is 0 Å². The molecule has 2 heterocycles. The molecule has 0 atom stereocenters. The second kappa shape index (κ2) is 6.60. The van der Waals surface area contributed by atoms with Crippen molar-refractivity contribution < 1.29 is 0 Å². The van der Waals surface area contributed by atoms with Gasteiger partial charge in [-0.15, -0.1) is 0 Å². The van der Waals surface area contributed by atoms with E-state index in [-0.39, 0.29) is 27.1 Å². The molecule has 0 N–H and O–H groups in total. The van der Waals surface area contributed by atoms with Crippen molar-refractivity contribution >= 4 is 32.6 Å². The van der Waals surface area contributed by atoms with Crippen LogP contribution < -0.4 is 22.0 Å². The van der Waals surface area contributed by atoms with E-state index in [4.69, 9.17) is 0 Å². The van der Waals surface area contributed by atoms with E-state index in [2.05, 4.69) is 0 Å². The number of nitrogens with zero attached hydrogens (tertiary/aromatic N) is 2. The lowest BCUT2D eigenvalue weighted by atomic mass is 9.85. The second-order valence-corrected chi connectivity index (χ2v) is 9.17. The molecule has 0 bridgehead atoms. The minimum absolute atomic E-state index is 0.0587. The molecule has 0 saturated carbocycles. The summed E-state index contributed by atoms with van der Waals surface area (Å²) in [5.74, 6) is 0. The molecule has 6 nitrogen and oxygen atoms in total. The molecule has 32 heavy (non-hydrogen) atoms. The molecule has 0 spiro atoms. The monoisotopic (exact) mass is 426 g/mol. The van der Waals surface area contributed by atoms with Crippen molar-refractivity contribution in [3.8, 4) is 0 Å². The molecule has 0 aliphatic heterocycles. The zero-order valence-electron chi connectivity index (χ0n) is 18.4. The van der Waals surface area contributed by atoms with E-state index in [1.165, 1.54) is 10.6 Å². The van der Waals surface area contributed by atoms with Crippen LogP contribution in [0.5, 0.6) is 0 Å². The van der Waals surface area contributed by atoms with Gasteiger partial charge in [0.15, 0.2) is 5.43 Å². The van der Waals surface area contributed by atoms with E-state index in [1.54, 1.807) is 30.3 Å². The van der Waals surface area contributed by atoms with Gasteiger partial charge < -0.3 is 0 Å². The summed E-state index contributed by atoms with van der Waals surface area (Å²) >= 11 is 0. The van der Waals surface area contributed by atoms with E-state index in [0.29, 0.717) is 22.9 Å². The van der Waals surface area contributed by atoms with Crippen molar-refractivity contribution in [1.29, 1.82) is 0 Å². The van der Waals surface area contributed by atoms with Crippen LogP contribution in [0.1, 0.15) is 38.8 Å². The Bertz CT molecular complexity index is 1820. The molecule has 160 valence electrons. The van der Waals surface area contributed by atoms with E-state index in [0.717, 1.165) is 10.1 Å². The van der Waals surface area contributed by atoms with E-state index >= 15 is 0 Å². The highest BCUT2D eigenvalue weighted by molar-refractivity contribution is 6.05. The highest BCUT2D eigenvalue weighted by Gasteiger charge is 2.25. The molecule has 0 unspecified atom stereocenters. The summed E-state index contributed by atoms with van der Waals surface area (Å²) in [6, 6.07) is 13.3. The molecule has 0 aliphatic rings. The van der Waals surface area contributed by atoms with Crippen LogP contribution in [0.25, 0.3) is 32.6 Å². The van der Waals surface area contributed by atoms with Crippen molar-refractivity contribution in [3.63, 3.8) is 0 Å². The summed E-state index contributed by atoms with van der Waals surface area (Å²) in [7, 11) is 0. The molecule has 2 aromatic heterocycles. The number of fused-ring (bicyclic) bond motifs is 7. The molecule has 0 amide bonds. The van der Waals surface area contributed by atoms with Crippen LogP contribution in [0.2, 0.25) is 0 Å². The van der Waals surface area contributed by atoms with Gasteiger partial charge in [-0.3, -0.25) is 19.2 Å². The Labute approximate surface area is 182 Å². The standard InChI is InChI=1S/C26H22N2O4/c1-5-14-9-8-12-17-20-22(19(29)13-18(23(20)30)26(2,3)4)28-25(32)16-11-7-6-10-15(16)24(31)27(28)21(14)17/h6-13H,5H2,1-4H3. The first-order valence-electron chi connectivity index (χ1n) is 10.6.